The molecule has 1 fully saturated rings. The van der Waals surface area contributed by atoms with Gasteiger partial charge in [0.1, 0.15) is 0 Å². The summed E-state index contributed by atoms with van der Waals surface area (Å²) in [5.74, 6) is 0.740. The van der Waals surface area contributed by atoms with Crippen LogP contribution >= 0.6 is 0 Å². The largest absolute Gasteiger partial charge is 0.0683 e. The lowest BCUT2D eigenvalue weighted by molar-refractivity contribution is 0.420. The number of benzene rings is 4. The lowest BCUT2D eigenvalue weighted by atomic mass is 9.76. The summed E-state index contributed by atoms with van der Waals surface area (Å²) in [5.41, 5.74) is 7.09. The number of hydrogen-bond donors (Lipinski definition) is 0. The second-order valence-corrected chi connectivity index (χ2v) is 7.86. The predicted molar refractivity (Wildman–Crippen MR) is 124 cm³/mol. The van der Waals surface area contributed by atoms with Crippen molar-refractivity contribution in [2.24, 2.45) is 0 Å². The Kier molecular flexibility index (Phi) is 5.22. The Morgan fingerprint density at radius 1 is 0.714 bits per heavy atom. The molecule has 4 aromatic carbocycles. The molecule has 0 heteroatoms. The van der Waals surface area contributed by atoms with Crippen molar-refractivity contribution in [3.63, 3.8) is 0 Å². The summed E-state index contributed by atoms with van der Waals surface area (Å²) in [5, 5.41) is 5.44. The van der Waals surface area contributed by atoms with Gasteiger partial charge in [-0.15, -0.1) is 0 Å². The van der Waals surface area contributed by atoms with E-state index < -0.39 is 0 Å². The van der Waals surface area contributed by atoms with Crippen molar-refractivity contribution in [1.29, 1.82) is 0 Å². The molecule has 5 rings (SSSR count). The van der Waals surface area contributed by atoms with Gasteiger partial charge in [0.15, 0.2) is 0 Å². The van der Waals surface area contributed by atoms with E-state index in [2.05, 4.69) is 80.6 Å². The molecule has 28 heavy (non-hydrogen) atoms. The van der Waals surface area contributed by atoms with Gasteiger partial charge in [0.25, 0.3) is 0 Å². The lowest BCUT2D eigenvalue weighted by Crippen LogP contribution is -2.10. The zero-order valence-corrected chi connectivity index (χ0v) is 17.5. The van der Waals surface area contributed by atoms with Crippen LogP contribution in [-0.2, 0) is 0 Å². The van der Waals surface area contributed by atoms with Crippen molar-refractivity contribution in [3.8, 4) is 11.1 Å². The quantitative estimate of drug-likeness (QED) is 0.312. The van der Waals surface area contributed by atoms with Gasteiger partial charge < -0.3 is 0 Å². The average Bonchev–Trinajstić information content (AvgIpc) is 2.68. The molecule has 0 radical (unpaired) electrons. The van der Waals surface area contributed by atoms with Gasteiger partial charge in [-0.3, -0.25) is 0 Å². The van der Waals surface area contributed by atoms with Gasteiger partial charge in [-0.1, -0.05) is 92.6 Å². The van der Waals surface area contributed by atoms with E-state index in [-0.39, 0.29) is 0 Å². The topological polar surface area (TPSA) is 0 Å². The highest BCUT2D eigenvalue weighted by molar-refractivity contribution is 6.13. The molecular weight excluding hydrogens is 336 g/mol. The third kappa shape index (κ3) is 3.11. The molecule has 0 amide bonds. The second-order valence-electron chi connectivity index (χ2n) is 7.86. The third-order valence-corrected chi connectivity index (χ3v) is 6.16. The van der Waals surface area contributed by atoms with Crippen molar-refractivity contribution < 1.29 is 0 Å². The Morgan fingerprint density at radius 2 is 1.43 bits per heavy atom. The minimum atomic E-state index is 0.740. The first kappa shape index (κ1) is 18.7. The van der Waals surface area contributed by atoms with Crippen LogP contribution in [0.25, 0.3) is 32.7 Å². The van der Waals surface area contributed by atoms with Crippen LogP contribution in [-0.4, -0.2) is 0 Å². The maximum atomic E-state index is 2.35. The molecule has 1 aliphatic carbocycles. The van der Waals surface area contributed by atoms with Crippen molar-refractivity contribution >= 4 is 21.5 Å². The van der Waals surface area contributed by atoms with Crippen LogP contribution in [0, 0.1) is 13.8 Å². The van der Waals surface area contributed by atoms with Gasteiger partial charge in [0, 0.05) is 0 Å². The number of aryl methyl sites for hydroxylation is 2. The molecule has 4 aromatic rings. The van der Waals surface area contributed by atoms with Crippen molar-refractivity contribution in [1.82, 2.24) is 0 Å². The van der Waals surface area contributed by atoms with Crippen LogP contribution in [0.4, 0.5) is 0 Å². The Bertz CT molecular complexity index is 1130. The fourth-order valence-corrected chi connectivity index (χ4v) is 4.53. The van der Waals surface area contributed by atoms with Gasteiger partial charge in [0.2, 0.25) is 0 Å². The Balaban J connectivity index is 0.000000932. The van der Waals surface area contributed by atoms with Crippen molar-refractivity contribution in [3.05, 3.63) is 83.4 Å². The first-order chi connectivity index (χ1) is 13.7. The first-order valence-corrected chi connectivity index (χ1v) is 10.7. The summed E-state index contributed by atoms with van der Waals surface area (Å²) in [6.07, 6.45) is 4.05. The maximum Gasteiger partial charge on any atom is -0.00730 e. The van der Waals surface area contributed by atoms with Gasteiger partial charge in [-0.2, -0.15) is 0 Å². The van der Waals surface area contributed by atoms with Crippen molar-refractivity contribution in [2.75, 3.05) is 0 Å². The zero-order chi connectivity index (χ0) is 19.7. The molecule has 0 saturated heterocycles. The highest BCUT2D eigenvalue weighted by atomic mass is 14.3. The fourth-order valence-electron chi connectivity index (χ4n) is 4.53. The minimum Gasteiger partial charge on any atom is -0.0683 e. The SMILES string of the molecule is CC.Cc1ccc2c(ccc3c(-c4ccccc4C4CCC4)c(C)ccc32)c1. The van der Waals surface area contributed by atoms with Crippen LogP contribution < -0.4 is 0 Å². The highest BCUT2D eigenvalue weighted by Gasteiger charge is 2.23. The molecule has 142 valence electrons. The predicted octanol–water partition coefficient (Wildman–Crippen LogP) is 8.57. The van der Waals surface area contributed by atoms with E-state index in [4.69, 9.17) is 0 Å². The molecule has 0 aliphatic heterocycles. The second kappa shape index (κ2) is 7.80. The van der Waals surface area contributed by atoms with Crippen LogP contribution in [0.1, 0.15) is 55.7 Å². The summed E-state index contributed by atoms with van der Waals surface area (Å²) >= 11 is 0. The first-order valence-electron chi connectivity index (χ1n) is 10.7. The van der Waals surface area contributed by atoms with Gasteiger partial charge >= 0.3 is 0 Å². The standard InChI is InChI=1S/C26H24.C2H6/c1-17-10-13-22-20(16-17)12-15-25-23(22)14-11-18(2)26(25)24-9-4-3-8-21(24)19-6-5-7-19;1-2/h3-4,8-16,19H,5-7H2,1-2H3;1-2H3. The molecule has 1 saturated carbocycles. The lowest BCUT2D eigenvalue weighted by Gasteiger charge is -2.28. The Morgan fingerprint density at radius 3 is 2.18 bits per heavy atom. The molecule has 0 nitrogen and oxygen atoms in total. The molecule has 0 atom stereocenters. The van der Waals surface area contributed by atoms with Crippen LogP contribution in [0.15, 0.2) is 66.7 Å². The maximum absolute atomic E-state index is 2.35. The van der Waals surface area contributed by atoms with Crippen LogP contribution in [0.5, 0.6) is 0 Å². The van der Waals surface area contributed by atoms with Crippen LogP contribution in [0.2, 0.25) is 0 Å². The Hall–Kier alpha value is -2.60. The molecule has 0 N–H and O–H groups in total. The minimum absolute atomic E-state index is 0.740. The van der Waals surface area contributed by atoms with Gasteiger partial charge in [0.05, 0.1) is 0 Å². The van der Waals surface area contributed by atoms with Gasteiger partial charge in [-0.25, -0.2) is 0 Å². The van der Waals surface area contributed by atoms with Gasteiger partial charge in [-0.05, 0) is 76.4 Å². The van der Waals surface area contributed by atoms with E-state index in [0.717, 1.165) is 5.92 Å². The van der Waals surface area contributed by atoms with E-state index in [0.29, 0.717) is 0 Å². The molecule has 0 spiro atoms. The molecular formula is C28H30. The van der Waals surface area contributed by atoms with E-state index >= 15 is 0 Å². The van der Waals surface area contributed by atoms with Crippen molar-refractivity contribution in [2.45, 2.75) is 52.9 Å². The normalized spacial score (nSPS) is 13.9. The molecule has 0 aromatic heterocycles. The third-order valence-electron chi connectivity index (χ3n) is 6.16. The average molecular weight is 367 g/mol. The fraction of sp³-hybridized carbons (Fsp3) is 0.286. The monoisotopic (exact) mass is 366 g/mol. The number of rotatable bonds is 2. The Labute approximate surface area is 169 Å². The molecule has 1 aliphatic rings. The molecule has 0 heterocycles. The van der Waals surface area contributed by atoms with E-state index in [1.807, 2.05) is 13.8 Å². The van der Waals surface area contributed by atoms with E-state index in [1.165, 1.54) is 63.1 Å². The summed E-state index contributed by atoms with van der Waals surface area (Å²) in [4.78, 5) is 0. The van der Waals surface area contributed by atoms with E-state index in [9.17, 15) is 0 Å². The summed E-state index contributed by atoms with van der Waals surface area (Å²) in [7, 11) is 0. The summed E-state index contributed by atoms with van der Waals surface area (Å²) in [6, 6.07) is 25.1. The number of fused-ring (bicyclic) bond motifs is 3. The van der Waals surface area contributed by atoms with E-state index in [1.54, 1.807) is 5.56 Å². The number of hydrogen-bond acceptors (Lipinski definition) is 0. The molecule has 0 unspecified atom stereocenters. The van der Waals surface area contributed by atoms with Crippen LogP contribution in [0.3, 0.4) is 0 Å². The summed E-state index contributed by atoms with van der Waals surface area (Å²) in [6.45, 7) is 8.42. The zero-order valence-electron chi connectivity index (χ0n) is 17.5. The smallest absolute Gasteiger partial charge is 0.00730 e. The molecule has 0 bridgehead atoms. The highest BCUT2D eigenvalue weighted by Crippen LogP contribution is 2.44. The summed E-state index contributed by atoms with van der Waals surface area (Å²) < 4.78 is 0.